The van der Waals surface area contributed by atoms with Gasteiger partial charge in [-0.3, -0.25) is 4.79 Å². The molecule has 0 aliphatic heterocycles. The zero-order valence-corrected chi connectivity index (χ0v) is 13.3. The van der Waals surface area contributed by atoms with Crippen LogP contribution in [-0.2, 0) is 11.2 Å². The molecule has 6 nitrogen and oxygen atoms in total. The van der Waals surface area contributed by atoms with Crippen molar-refractivity contribution in [2.45, 2.75) is 6.42 Å². The van der Waals surface area contributed by atoms with Gasteiger partial charge in [-0.25, -0.2) is 0 Å². The molecule has 21 heavy (non-hydrogen) atoms. The fourth-order valence-electron chi connectivity index (χ4n) is 2.23. The Balaban J connectivity index is 3.15. The summed E-state index contributed by atoms with van der Waals surface area (Å²) in [5.41, 5.74) is 6.60. The van der Waals surface area contributed by atoms with Crippen LogP contribution < -0.4 is 19.9 Å². The average molecular weight is 296 g/mol. The maximum Gasteiger partial charge on any atom is 0.226 e. The van der Waals surface area contributed by atoms with E-state index in [1.807, 2.05) is 6.07 Å². The summed E-state index contributed by atoms with van der Waals surface area (Å²) in [6.07, 6.45) is 0.483. The van der Waals surface area contributed by atoms with Gasteiger partial charge in [0.05, 0.1) is 27.2 Å². The number of nitrogens with two attached hydrogens (primary N) is 1. The maximum absolute atomic E-state index is 12.1. The van der Waals surface area contributed by atoms with Crippen molar-refractivity contribution in [3.63, 3.8) is 0 Å². The molecule has 0 saturated carbocycles. The van der Waals surface area contributed by atoms with Crippen LogP contribution in [-0.4, -0.2) is 52.8 Å². The van der Waals surface area contributed by atoms with Crippen LogP contribution in [0.2, 0.25) is 0 Å². The van der Waals surface area contributed by atoms with Gasteiger partial charge < -0.3 is 24.8 Å². The van der Waals surface area contributed by atoms with E-state index in [1.165, 1.54) is 0 Å². The van der Waals surface area contributed by atoms with Crippen molar-refractivity contribution in [2.24, 2.45) is 11.7 Å². The summed E-state index contributed by atoms with van der Waals surface area (Å²) >= 11 is 0. The zero-order valence-electron chi connectivity index (χ0n) is 13.3. The first-order valence-corrected chi connectivity index (χ1v) is 6.69. The second-order valence-electron chi connectivity index (χ2n) is 4.86. The SMILES string of the molecule is COc1ccc(CC(CN)C(=O)N(C)C)c(OC)c1OC. The minimum absolute atomic E-state index is 0.00524. The summed E-state index contributed by atoms with van der Waals surface area (Å²) < 4.78 is 16.0. The number of carbonyl (C=O) groups excluding carboxylic acids is 1. The fourth-order valence-corrected chi connectivity index (χ4v) is 2.23. The lowest BCUT2D eigenvalue weighted by atomic mass is 9.97. The molecule has 0 fully saturated rings. The van der Waals surface area contributed by atoms with Crippen LogP contribution in [0.1, 0.15) is 5.56 Å². The normalized spacial score (nSPS) is 11.7. The average Bonchev–Trinajstić information content (AvgIpc) is 2.50. The lowest BCUT2D eigenvalue weighted by Crippen LogP contribution is -2.35. The van der Waals surface area contributed by atoms with Gasteiger partial charge in [0, 0.05) is 20.6 Å². The summed E-state index contributed by atoms with van der Waals surface area (Å²) in [7, 11) is 8.12. The molecule has 1 aromatic rings. The molecule has 0 saturated heterocycles. The molecule has 1 rings (SSSR count). The second kappa shape index (κ2) is 7.73. The summed E-state index contributed by atoms with van der Waals surface area (Å²) in [6, 6.07) is 3.66. The van der Waals surface area contributed by atoms with Crippen molar-refractivity contribution in [1.29, 1.82) is 0 Å². The van der Waals surface area contributed by atoms with Gasteiger partial charge >= 0.3 is 0 Å². The summed E-state index contributed by atoms with van der Waals surface area (Å²) in [5.74, 6) is 1.37. The Labute approximate surface area is 125 Å². The third-order valence-electron chi connectivity index (χ3n) is 3.33. The molecule has 0 spiro atoms. The van der Waals surface area contributed by atoms with Crippen LogP contribution >= 0.6 is 0 Å². The van der Waals surface area contributed by atoms with Crippen LogP contribution in [0.5, 0.6) is 17.2 Å². The topological polar surface area (TPSA) is 74.0 Å². The zero-order chi connectivity index (χ0) is 16.0. The van der Waals surface area contributed by atoms with E-state index in [2.05, 4.69) is 0 Å². The van der Waals surface area contributed by atoms with Crippen molar-refractivity contribution in [3.8, 4) is 17.2 Å². The van der Waals surface area contributed by atoms with Crippen LogP contribution in [0, 0.1) is 5.92 Å². The van der Waals surface area contributed by atoms with Gasteiger partial charge in [-0.15, -0.1) is 0 Å². The highest BCUT2D eigenvalue weighted by Crippen LogP contribution is 2.40. The molecule has 0 aromatic heterocycles. The highest BCUT2D eigenvalue weighted by Gasteiger charge is 2.23. The summed E-state index contributed by atoms with van der Waals surface area (Å²) in [6.45, 7) is 0.272. The van der Waals surface area contributed by atoms with Crippen LogP contribution in [0.4, 0.5) is 0 Å². The molecule has 2 N–H and O–H groups in total. The molecular weight excluding hydrogens is 272 g/mol. The minimum Gasteiger partial charge on any atom is -0.493 e. The molecule has 0 bridgehead atoms. The van der Waals surface area contributed by atoms with E-state index < -0.39 is 0 Å². The molecule has 6 heteroatoms. The maximum atomic E-state index is 12.1. The van der Waals surface area contributed by atoms with Crippen molar-refractivity contribution >= 4 is 5.91 Å². The van der Waals surface area contributed by atoms with Crippen molar-refractivity contribution in [3.05, 3.63) is 17.7 Å². The number of benzene rings is 1. The quantitative estimate of drug-likeness (QED) is 0.810. The van der Waals surface area contributed by atoms with Crippen LogP contribution in [0.3, 0.4) is 0 Å². The van der Waals surface area contributed by atoms with E-state index in [0.29, 0.717) is 23.7 Å². The first-order chi connectivity index (χ1) is 9.99. The summed E-state index contributed by atoms with van der Waals surface area (Å²) in [5, 5.41) is 0. The molecule has 1 amide bonds. The van der Waals surface area contributed by atoms with Crippen molar-refractivity contribution in [1.82, 2.24) is 4.90 Å². The third kappa shape index (κ3) is 3.78. The Kier molecular flexibility index (Phi) is 6.30. The first-order valence-electron chi connectivity index (χ1n) is 6.69. The number of carbonyl (C=O) groups is 1. The van der Waals surface area contributed by atoms with Gasteiger partial charge in [-0.1, -0.05) is 6.07 Å². The third-order valence-corrected chi connectivity index (χ3v) is 3.33. The molecule has 0 radical (unpaired) electrons. The highest BCUT2D eigenvalue weighted by molar-refractivity contribution is 5.79. The first kappa shape index (κ1) is 17.1. The van der Waals surface area contributed by atoms with E-state index in [9.17, 15) is 4.79 Å². The molecule has 1 unspecified atom stereocenters. The number of methoxy groups -OCH3 is 3. The van der Waals surface area contributed by atoms with Crippen LogP contribution in [0.25, 0.3) is 0 Å². The molecule has 118 valence electrons. The van der Waals surface area contributed by atoms with Gasteiger partial charge in [0.2, 0.25) is 11.7 Å². The van der Waals surface area contributed by atoms with Crippen molar-refractivity contribution in [2.75, 3.05) is 42.0 Å². The van der Waals surface area contributed by atoms with E-state index in [-0.39, 0.29) is 18.4 Å². The monoisotopic (exact) mass is 296 g/mol. The molecule has 0 aliphatic carbocycles. The van der Waals surface area contributed by atoms with Gasteiger partial charge in [0.25, 0.3) is 0 Å². The van der Waals surface area contributed by atoms with Gasteiger partial charge in [0.15, 0.2) is 11.5 Å². The van der Waals surface area contributed by atoms with Gasteiger partial charge in [-0.05, 0) is 18.1 Å². The molecule has 1 aromatic carbocycles. The van der Waals surface area contributed by atoms with Gasteiger partial charge in [-0.2, -0.15) is 0 Å². The number of hydrogen-bond donors (Lipinski definition) is 1. The minimum atomic E-state index is -0.299. The largest absolute Gasteiger partial charge is 0.493 e. The number of nitrogens with zero attached hydrogens (tertiary/aromatic N) is 1. The fraction of sp³-hybridized carbons (Fsp3) is 0.533. The number of ether oxygens (including phenoxy) is 3. The number of hydrogen-bond acceptors (Lipinski definition) is 5. The Morgan fingerprint density at radius 3 is 2.19 bits per heavy atom. The Hall–Kier alpha value is -1.95. The molecule has 0 aliphatic rings. The predicted molar refractivity (Wildman–Crippen MR) is 81.0 cm³/mol. The highest BCUT2D eigenvalue weighted by atomic mass is 16.5. The molecule has 1 atom stereocenters. The second-order valence-corrected chi connectivity index (χ2v) is 4.86. The van der Waals surface area contributed by atoms with Crippen LogP contribution in [0.15, 0.2) is 12.1 Å². The standard InChI is InChI=1S/C15H24N2O4/c1-17(2)15(18)11(9-16)8-10-6-7-12(19-3)14(21-5)13(10)20-4/h6-7,11H,8-9,16H2,1-5H3. The molecule has 0 heterocycles. The van der Waals surface area contributed by atoms with E-state index in [4.69, 9.17) is 19.9 Å². The Morgan fingerprint density at radius 1 is 1.14 bits per heavy atom. The number of rotatable bonds is 7. The van der Waals surface area contributed by atoms with E-state index >= 15 is 0 Å². The summed E-state index contributed by atoms with van der Waals surface area (Å²) in [4.78, 5) is 13.7. The molecular formula is C15H24N2O4. The lowest BCUT2D eigenvalue weighted by molar-refractivity contribution is -0.132. The van der Waals surface area contributed by atoms with E-state index in [1.54, 1.807) is 46.4 Å². The lowest BCUT2D eigenvalue weighted by Gasteiger charge is -2.21. The van der Waals surface area contributed by atoms with E-state index in [0.717, 1.165) is 5.56 Å². The van der Waals surface area contributed by atoms with Gasteiger partial charge in [0.1, 0.15) is 0 Å². The predicted octanol–water partition coefficient (Wildman–Crippen LogP) is 0.918. The Morgan fingerprint density at radius 2 is 1.76 bits per heavy atom. The smallest absolute Gasteiger partial charge is 0.226 e. The Bertz CT molecular complexity index is 489. The number of amides is 1. The van der Waals surface area contributed by atoms with Crippen molar-refractivity contribution < 1.29 is 19.0 Å².